The molecule has 0 aromatic heterocycles. The highest BCUT2D eigenvalue weighted by Gasteiger charge is 2.11. The van der Waals surface area contributed by atoms with Crippen LogP contribution in [0.5, 0.6) is 5.75 Å². The average Bonchev–Trinajstić information content (AvgIpc) is 2.19. The van der Waals surface area contributed by atoms with Crippen molar-refractivity contribution in [2.24, 2.45) is 5.90 Å². The third-order valence-corrected chi connectivity index (χ3v) is 1.62. The van der Waals surface area contributed by atoms with E-state index in [-0.39, 0.29) is 13.2 Å². The Morgan fingerprint density at radius 2 is 1.87 bits per heavy atom. The summed E-state index contributed by atoms with van der Waals surface area (Å²) in [7, 11) is 0. The Labute approximate surface area is 84.5 Å². The quantitative estimate of drug-likeness (QED) is 0.468. The summed E-state index contributed by atoms with van der Waals surface area (Å²) >= 11 is 0. The Balaban J connectivity index is 2.60. The van der Waals surface area contributed by atoms with E-state index in [9.17, 15) is 13.2 Å². The molecule has 0 radical (unpaired) electrons. The zero-order valence-electron chi connectivity index (χ0n) is 7.80. The van der Waals surface area contributed by atoms with Crippen molar-refractivity contribution in [1.29, 1.82) is 0 Å². The predicted molar refractivity (Wildman–Crippen MR) is 46.6 cm³/mol. The van der Waals surface area contributed by atoms with Gasteiger partial charge >= 0.3 is 0 Å². The van der Waals surface area contributed by atoms with Crippen molar-refractivity contribution >= 4 is 0 Å². The molecule has 0 spiro atoms. The maximum absolute atomic E-state index is 13.0. The molecular weight excluding hydrogens is 211 g/mol. The van der Waals surface area contributed by atoms with Crippen LogP contribution in [0.4, 0.5) is 13.2 Å². The van der Waals surface area contributed by atoms with Crippen LogP contribution in [-0.2, 0) is 4.84 Å². The topological polar surface area (TPSA) is 44.5 Å². The van der Waals surface area contributed by atoms with Gasteiger partial charge < -0.3 is 9.57 Å². The van der Waals surface area contributed by atoms with Crippen LogP contribution in [0.15, 0.2) is 12.1 Å². The molecular formula is C9H10F3NO2. The minimum Gasteiger partial charge on any atom is -0.490 e. The molecule has 0 amide bonds. The first-order valence-electron chi connectivity index (χ1n) is 4.24. The van der Waals surface area contributed by atoms with Gasteiger partial charge in [-0.2, -0.15) is 4.39 Å². The second-order valence-corrected chi connectivity index (χ2v) is 2.77. The summed E-state index contributed by atoms with van der Waals surface area (Å²) in [5.74, 6) is 0.911. The molecule has 0 unspecified atom stereocenters. The molecule has 0 bridgehead atoms. The van der Waals surface area contributed by atoms with Gasteiger partial charge in [-0.3, -0.25) is 0 Å². The van der Waals surface area contributed by atoms with E-state index in [4.69, 9.17) is 10.6 Å². The number of ether oxygens (including phenoxy) is 1. The van der Waals surface area contributed by atoms with E-state index in [1.54, 1.807) is 0 Å². The Morgan fingerprint density at radius 1 is 1.13 bits per heavy atom. The van der Waals surface area contributed by atoms with Gasteiger partial charge in [-0.1, -0.05) is 0 Å². The summed E-state index contributed by atoms with van der Waals surface area (Å²) < 4.78 is 43.1. The first kappa shape index (κ1) is 11.8. The van der Waals surface area contributed by atoms with Crippen LogP contribution in [-0.4, -0.2) is 13.2 Å². The molecule has 3 nitrogen and oxygen atoms in total. The third-order valence-electron chi connectivity index (χ3n) is 1.62. The van der Waals surface area contributed by atoms with Crippen LogP contribution in [0, 0.1) is 17.5 Å². The molecule has 6 heteroatoms. The van der Waals surface area contributed by atoms with E-state index in [1.165, 1.54) is 0 Å². The summed E-state index contributed by atoms with van der Waals surface area (Å²) in [5, 5.41) is 0. The summed E-state index contributed by atoms with van der Waals surface area (Å²) in [6, 6.07) is 1.23. The number of benzene rings is 1. The molecule has 1 aromatic carbocycles. The molecule has 84 valence electrons. The molecule has 0 aliphatic rings. The van der Waals surface area contributed by atoms with E-state index in [2.05, 4.69) is 4.84 Å². The van der Waals surface area contributed by atoms with Crippen molar-refractivity contribution in [2.45, 2.75) is 6.42 Å². The van der Waals surface area contributed by atoms with E-state index in [1.807, 2.05) is 0 Å². The van der Waals surface area contributed by atoms with Gasteiger partial charge in [-0.05, 0) is 0 Å². The number of hydrogen-bond acceptors (Lipinski definition) is 3. The van der Waals surface area contributed by atoms with Crippen LogP contribution in [0.25, 0.3) is 0 Å². The maximum atomic E-state index is 13.0. The standard InChI is InChI=1S/C9H10F3NO2/c10-6-4-7(11)9(12)8(5-6)14-2-1-3-15-13/h4-5H,1-3,13H2. The molecule has 1 rings (SSSR count). The van der Waals surface area contributed by atoms with Gasteiger partial charge in [-0.25, -0.2) is 14.7 Å². The van der Waals surface area contributed by atoms with Gasteiger partial charge in [0.25, 0.3) is 0 Å². The molecule has 0 aliphatic carbocycles. The smallest absolute Gasteiger partial charge is 0.200 e. The third kappa shape index (κ3) is 3.41. The summed E-state index contributed by atoms with van der Waals surface area (Å²) in [6.07, 6.45) is 0.397. The normalized spacial score (nSPS) is 10.4. The molecule has 0 saturated carbocycles. The lowest BCUT2D eigenvalue weighted by molar-refractivity contribution is 0.121. The van der Waals surface area contributed by atoms with Gasteiger partial charge in [0.15, 0.2) is 11.6 Å². The number of hydrogen-bond donors (Lipinski definition) is 1. The molecule has 0 heterocycles. The summed E-state index contributed by atoms with van der Waals surface area (Å²) in [6.45, 7) is 0.288. The monoisotopic (exact) mass is 221 g/mol. The number of halogens is 3. The second-order valence-electron chi connectivity index (χ2n) is 2.77. The van der Waals surface area contributed by atoms with Gasteiger partial charge in [0.2, 0.25) is 5.82 Å². The molecule has 0 aliphatic heterocycles. The van der Waals surface area contributed by atoms with Crippen molar-refractivity contribution in [3.8, 4) is 5.75 Å². The molecule has 2 N–H and O–H groups in total. The first-order valence-corrected chi connectivity index (χ1v) is 4.24. The van der Waals surface area contributed by atoms with Crippen molar-refractivity contribution < 1.29 is 22.7 Å². The highest BCUT2D eigenvalue weighted by Crippen LogP contribution is 2.21. The van der Waals surface area contributed by atoms with Crippen LogP contribution >= 0.6 is 0 Å². The molecule has 0 atom stereocenters. The first-order chi connectivity index (χ1) is 7.15. The second kappa shape index (κ2) is 5.57. The maximum Gasteiger partial charge on any atom is 0.200 e. The van der Waals surface area contributed by atoms with E-state index < -0.39 is 23.2 Å². The highest BCUT2D eigenvalue weighted by molar-refractivity contribution is 5.26. The highest BCUT2D eigenvalue weighted by atomic mass is 19.2. The molecule has 0 saturated heterocycles. The van der Waals surface area contributed by atoms with Gasteiger partial charge in [0.05, 0.1) is 13.2 Å². The van der Waals surface area contributed by atoms with Crippen molar-refractivity contribution in [3.63, 3.8) is 0 Å². The summed E-state index contributed by atoms with van der Waals surface area (Å²) in [5.41, 5.74) is 0. The minimum absolute atomic E-state index is 0.0665. The fourth-order valence-corrected chi connectivity index (χ4v) is 0.962. The van der Waals surface area contributed by atoms with Gasteiger partial charge in [0, 0.05) is 18.6 Å². The van der Waals surface area contributed by atoms with Crippen LogP contribution in [0.3, 0.4) is 0 Å². The van der Waals surface area contributed by atoms with Gasteiger partial charge in [-0.15, -0.1) is 0 Å². The van der Waals surface area contributed by atoms with Crippen molar-refractivity contribution in [2.75, 3.05) is 13.2 Å². The number of rotatable bonds is 5. The van der Waals surface area contributed by atoms with Crippen molar-refractivity contribution in [1.82, 2.24) is 0 Å². The Hall–Kier alpha value is -1.27. The number of nitrogens with two attached hydrogens (primary N) is 1. The fraction of sp³-hybridized carbons (Fsp3) is 0.333. The lowest BCUT2D eigenvalue weighted by Crippen LogP contribution is -2.07. The summed E-state index contributed by atoms with van der Waals surface area (Å²) in [4.78, 5) is 4.24. The Kier molecular flexibility index (Phi) is 4.38. The lowest BCUT2D eigenvalue weighted by Gasteiger charge is -2.07. The van der Waals surface area contributed by atoms with Crippen LogP contribution in [0.1, 0.15) is 6.42 Å². The molecule has 1 aromatic rings. The van der Waals surface area contributed by atoms with Crippen molar-refractivity contribution in [3.05, 3.63) is 29.6 Å². The Morgan fingerprint density at radius 3 is 2.53 bits per heavy atom. The average molecular weight is 221 g/mol. The van der Waals surface area contributed by atoms with Crippen LogP contribution < -0.4 is 10.6 Å². The van der Waals surface area contributed by atoms with E-state index in [0.29, 0.717) is 12.5 Å². The largest absolute Gasteiger partial charge is 0.490 e. The van der Waals surface area contributed by atoms with Crippen LogP contribution in [0.2, 0.25) is 0 Å². The molecule has 0 fully saturated rings. The lowest BCUT2D eigenvalue weighted by atomic mass is 10.3. The molecule has 15 heavy (non-hydrogen) atoms. The minimum atomic E-state index is -1.28. The van der Waals surface area contributed by atoms with Gasteiger partial charge in [0.1, 0.15) is 5.82 Å². The van der Waals surface area contributed by atoms with E-state index in [0.717, 1.165) is 6.07 Å². The predicted octanol–water partition coefficient (Wildman–Crippen LogP) is 1.76. The zero-order valence-corrected chi connectivity index (χ0v) is 7.80. The zero-order chi connectivity index (χ0) is 11.3. The fourth-order valence-electron chi connectivity index (χ4n) is 0.962. The van der Waals surface area contributed by atoms with E-state index >= 15 is 0 Å². The SMILES string of the molecule is NOCCCOc1cc(F)cc(F)c1F. The Bertz CT molecular complexity index is 333.